The molecule has 0 spiro atoms. The number of nitrogens with zero attached hydrogens (tertiary/aromatic N) is 1. The van der Waals surface area contributed by atoms with Gasteiger partial charge in [0.05, 0.1) is 0 Å². The number of hydrogen-bond donors (Lipinski definition) is 2. The number of benzene rings is 2. The summed E-state index contributed by atoms with van der Waals surface area (Å²) in [6.07, 6.45) is -3.44. The maximum Gasteiger partial charge on any atom is 0.454 e. The predicted octanol–water partition coefficient (Wildman–Crippen LogP) is 5.46. The number of carbonyl (C=O) groups excluding carboxylic acids is 1. The summed E-state index contributed by atoms with van der Waals surface area (Å²) in [5, 5.41) is 5.90. The lowest BCUT2D eigenvalue weighted by molar-refractivity contribution is -0.0885. The van der Waals surface area contributed by atoms with Crippen LogP contribution in [0.15, 0.2) is 60.8 Å². The standard InChI is InChI=1S/C20H14F5N3O/c21-14-7-12(8-15(22)9-14)11-27-17-5-6-26-18(10-17)28-16-3-1-13(2-4-16)19(29)20(23,24)25/h1-10H,11H2,(H2,26,27,28). The molecule has 4 nitrogen and oxygen atoms in total. The van der Waals surface area contributed by atoms with Crippen molar-refractivity contribution >= 4 is 23.0 Å². The van der Waals surface area contributed by atoms with E-state index in [1.165, 1.54) is 30.5 Å². The van der Waals surface area contributed by atoms with Crippen molar-refractivity contribution in [3.8, 4) is 0 Å². The molecule has 1 heterocycles. The van der Waals surface area contributed by atoms with E-state index in [1.54, 1.807) is 12.1 Å². The molecule has 0 saturated carbocycles. The molecule has 0 bridgehead atoms. The number of hydrogen-bond acceptors (Lipinski definition) is 4. The number of Topliss-reactive ketones (excluding diaryl/α,β-unsaturated/α-hetero) is 1. The van der Waals surface area contributed by atoms with Gasteiger partial charge >= 0.3 is 6.18 Å². The maximum absolute atomic E-state index is 13.2. The molecule has 1 aromatic heterocycles. The Morgan fingerprint density at radius 2 is 1.55 bits per heavy atom. The van der Waals surface area contributed by atoms with Crippen molar-refractivity contribution in [1.82, 2.24) is 4.98 Å². The largest absolute Gasteiger partial charge is 0.454 e. The Morgan fingerprint density at radius 1 is 0.897 bits per heavy atom. The number of alkyl halides is 3. The number of ketones is 1. The molecule has 0 atom stereocenters. The van der Waals surface area contributed by atoms with E-state index in [1.807, 2.05) is 0 Å². The number of aromatic nitrogens is 1. The van der Waals surface area contributed by atoms with Crippen LogP contribution in [-0.4, -0.2) is 16.9 Å². The molecule has 0 amide bonds. The van der Waals surface area contributed by atoms with Crippen molar-refractivity contribution in [3.05, 3.63) is 83.6 Å². The van der Waals surface area contributed by atoms with Crippen LogP contribution in [0.1, 0.15) is 15.9 Å². The predicted molar refractivity (Wildman–Crippen MR) is 98.0 cm³/mol. The van der Waals surface area contributed by atoms with E-state index in [0.717, 1.165) is 18.2 Å². The average Bonchev–Trinajstić information content (AvgIpc) is 2.65. The second-order valence-electron chi connectivity index (χ2n) is 6.09. The number of pyridine rings is 1. The van der Waals surface area contributed by atoms with Crippen LogP contribution in [0.25, 0.3) is 0 Å². The molecule has 0 fully saturated rings. The molecule has 0 radical (unpaired) electrons. The number of anilines is 3. The van der Waals surface area contributed by atoms with E-state index in [9.17, 15) is 26.7 Å². The molecule has 3 aromatic rings. The van der Waals surface area contributed by atoms with Gasteiger partial charge in [0, 0.05) is 41.8 Å². The highest BCUT2D eigenvalue weighted by Crippen LogP contribution is 2.24. The summed E-state index contributed by atoms with van der Waals surface area (Å²) in [5.74, 6) is -2.88. The second-order valence-corrected chi connectivity index (χ2v) is 6.09. The first kappa shape index (κ1) is 20.2. The summed E-state index contributed by atoms with van der Waals surface area (Å²) in [6.45, 7) is 0.173. The highest BCUT2D eigenvalue weighted by atomic mass is 19.4. The lowest BCUT2D eigenvalue weighted by atomic mass is 10.1. The molecule has 0 aliphatic heterocycles. The van der Waals surface area contributed by atoms with Gasteiger partial charge < -0.3 is 10.6 Å². The highest BCUT2D eigenvalue weighted by Gasteiger charge is 2.39. The van der Waals surface area contributed by atoms with Gasteiger partial charge in [0.15, 0.2) is 0 Å². The Bertz CT molecular complexity index is 999. The van der Waals surface area contributed by atoms with Crippen LogP contribution in [0.2, 0.25) is 0 Å². The Kier molecular flexibility index (Phi) is 5.76. The Morgan fingerprint density at radius 3 is 2.17 bits per heavy atom. The van der Waals surface area contributed by atoms with Crippen LogP contribution < -0.4 is 10.6 Å². The van der Waals surface area contributed by atoms with E-state index in [2.05, 4.69) is 15.6 Å². The third kappa shape index (κ3) is 5.50. The number of carbonyl (C=O) groups is 1. The van der Waals surface area contributed by atoms with Crippen molar-refractivity contribution < 1.29 is 26.7 Å². The zero-order valence-electron chi connectivity index (χ0n) is 14.7. The third-order valence-electron chi connectivity index (χ3n) is 3.86. The van der Waals surface area contributed by atoms with Crippen molar-refractivity contribution in [1.29, 1.82) is 0 Å². The van der Waals surface area contributed by atoms with Crippen LogP contribution in [-0.2, 0) is 6.54 Å². The van der Waals surface area contributed by atoms with Gasteiger partial charge in [-0.2, -0.15) is 13.2 Å². The normalized spacial score (nSPS) is 11.2. The van der Waals surface area contributed by atoms with Gasteiger partial charge in [0.25, 0.3) is 5.78 Å². The molecule has 2 aromatic carbocycles. The Hall–Kier alpha value is -3.49. The fourth-order valence-electron chi connectivity index (χ4n) is 2.54. The van der Waals surface area contributed by atoms with Crippen LogP contribution >= 0.6 is 0 Å². The highest BCUT2D eigenvalue weighted by molar-refractivity contribution is 6.00. The van der Waals surface area contributed by atoms with Crippen molar-refractivity contribution in [3.63, 3.8) is 0 Å². The number of rotatable bonds is 6. The molecule has 3 rings (SSSR count). The van der Waals surface area contributed by atoms with Crippen LogP contribution in [0.5, 0.6) is 0 Å². The van der Waals surface area contributed by atoms with Crippen molar-refractivity contribution in [2.45, 2.75) is 12.7 Å². The first-order chi connectivity index (χ1) is 13.7. The number of nitrogens with one attached hydrogen (secondary N) is 2. The van der Waals surface area contributed by atoms with Crippen LogP contribution in [0.4, 0.5) is 39.1 Å². The summed E-state index contributed by atoms with van der Waals surface area (Å²) in [6, 6.07) is 11.3. The fourth-order valence-corrected chi connectivity index (χ4v) is 2.54. The van der Waals surface area contributed by atoms with E-state index in [4.69, 9.17) is 0 Å². The molecule has 0 aliphatic carbocycles. The zero-order chi connectivity index (χ0) is 21.0. The monoisotopic (exact) mass is 407 g/mol. The molecule has 0 saturated heterocycles. The van der Waals surface area contributed by atoms with Gasteiger partial charge in [-0.25, -0.2) is 13.8 Å². The minimum absolute atomic E-state index is 0.173. The van der Waals surface area contributed by atoms with Crippen molar-refractivity contribution in [2.75, 3.05) is 10.6 Å². The van der Waals surface area contributed by atoms with Gasteiger partial charge in [-0.05, 0) is 48.0 Å². The van der Waals surface area contributed by atoms with Gasteiger partial charge in [0.1, 0.15) is 17.5 Å². The van der Waals surface area contributed by atoms with E-state index >= 15 is 0 Å². The fraction of sp³-hybridized carbons (Fsp3) is 0.100. The first-order valence-electron chi connectivity index (χ1n) is 8.34. The molecular formula is C20H14F5N3O. The Balaban J connectivity index is 1.66. The maximum atomic E-state index is 13.2. The summed E-state index contributed by atoms with van der Waals surface area (Å²) in [5.41, 5.74) is 0.990. The summed E-state index contributed by atoms with van der Waals surface area (Å²) in [4.78, 5) is 15.3. The molecule has 0 aliphatic rings. The average molecular weight is 407 g/mol. The lowest BCUT2D eigenvalue weighted by Gasteiger charge is -2.11. The van der Waals surface area contributed by atoms with E-state index in [0.29, 0.717) is 22.8 Å². The molecule has 2 N–H and O–H groups in total. The summed E-state index contributed by atoms with van der Waals surface area (Å²) >= 11 is 0. The molecular weight excluding hydrogens is 393 g/mol. The quantitative estimate of drug-likeness (QED) is 0.421. The molecule has 29 heavy (non-hydrogen) atoms. The minimum Gasteiger partial charge on any atom is -0.381 e. The molecule has 9 heteroatoms. The second kappa shape index (κ2) is 8.26. The molecule has 150 valence electrons. The van der Waals surface area contributed by atoms with E-state index in [-0.39, 0.29) is 6.54 Å². The topological polar surface area (TPSA) is 54.0 Å². The Labute approximate surface area is 162 Å². The van der Waals surface area contributed by atoms with Gasteiger partial charge in [-0.3, -0.25) is 4.79 Å². The van der Waals surface area contributed by atoms with E-state index < -0.39 is 29.2 Å². The summed E-state index contributed by atoms with van der Waals surface area (Å²) < 4.78 is 63.8. The third-order valence-corrected chi connectivity index (χ3v) is 3.86. The smallest absolute Gasteiger partial charge is 0.381 e. The van der Waals surface area contributed by atoms with Gasteiger partial charge in [-0.15, -0.1) is 0 Å². The van der Waals surface area contributed by atoms with Gasteiger partial charge in [0.2, 0.25) is 0 Å². The van der Waals surface area contributed by atoms with Crippen LogP contribution in [0, 0.1) is 11.6 Å². The lowest BCUT2D eigenvalue weighted by Crippen LogP contribution is -2.22. The summed E-state index contributed by atoms with van der Waals surface area (Å²) in [7, 11) is 0. The minimum atomic E-state index is -4.93. The zero-order valence-corrected chi connectivity index (χ0v) is 14.7. The SMILES string of the molecule is O=C(c1ccc(Nc2cc(NCc3cc(F)cc(F)c3)ccn2)cc1)C(F)(F)F. The van der Waals surface area contributed by atoms with Crippen molar-refractivity contribution in [2.24, 2.45) is 0 Å². The van der Waals surface area contributed by atoms with Crippen LogP contribution in [0.3, 0.4) is 0 Å². The molecule has 0 unspecified atom stereocenters. The number of halogens is 5. The first-order valence-corrected chi connectivity index (χ1v) is 8.34. The van der Waals surface area contributed by atoms with Gasteiger partial charge in [-0.1, -0.05) is 0 Å².